The Bertz CT molecular complexity index is 376. The highest BCUT2D eigenvalue weighted by atomic mass is 16.5. The van der Waals surface area contributed by atoms with Crippen molar-refractivity contribution in [3.05, 3.63) is 0 Å². The number of likely N-dealkylation sites (tertiary alicyclic amines) is 1. The predicted octanol–water partition coefficient (Wildman–Crippen LogP) is 1.53. The normalized spacial score (nSPS) is 21.2. The van der Waals surface area contributed by atoms with Gasteiger partial charge >= 0.3 is 0 Å². The number of hydrogen-bond donors (Lipinski definition) is 2. The Kier molecular flexibility index (Phi) is 9.58. The summed E-state index contributed by atoms with van der Waals surface area (Å²) in [6.45, 7) is 9.13. The number of ether oxygens (including phenoxy) is 1. The van der Waals surface area contributed by atoms with E-state index in [2.05, 4.69) is 34.4 Å². The van der Waals surface area contributed by atoms with Gasteiger partial charge in [0.25, 0.3) is 0 Å². The fraction of sp³-hybridized carbons (Fsp3) is 0.947. The third kappa shape index (κ3) is 7.50. The first-order valence-electron chi connectivity index (χ1n) is 10.2. The first kappa shape index (κ1) is 20.5. The van der Waals surface area contributed by atoms with Gasteiger partial charge in [0.1, 0.15) is 0 Å². The lowest BCUT2D eigenvalue weighted by Crippen LogP contribution is -2.49. The van der Waals surface area contributed by atoms with Crippen molar-refractivity contribution < 1.29 is 4.74 Å². The first-order chi connectivity index (χ1) is 12.2. The van der Waals surface area contributed by atoms with Crippen molar-refractivity contribution in [1.82, 2.24) is 20.4 Å². The van der Waals surface area contributed by atoms with E-state index in [1.54, 1.807) is 7.11 Å². The van der Waals surface area contributed by atoms with Crippen LogP contribution in [0.15, 0.2) is 4.99 Å². The van der Waals surface area contributed by atoms with Crippen LogP contribution in [0, 0.1) is 0 Å². The molecule has 0 radical (unpaired) electrons. The Morgan fingerprint density at radius 2 is 1.92 bits per heavy atom. The van der Waals surface area contributed by atoms with Crippen molar-refractivity contribution >= 4 is 5.96 Å². The van der Waals surface area contributed by atoms with Crippen LogP contribution in [0.4, 0.5) is 0 Å². The minimum Gasteiger partial charge on any atom is -0.383 e. The van der Waals surface area contributed by atoms with Crippen LogP contribution < -0.4 is 10.6 Å². The summed E-state index contributed by atoms with van der Waals surface area (Å²) in [6, 6.07) is 1.31. The molecule has 146 valence electrons. The second-order valence-electron chi connectivity index (χ2n) is 7.43. The molecule has 6 heteroatoms. The average molecular weight is 354 g/mol. The molecule has 1 heterocycles. The van der Waals surface area contributed by atoms with E-state index in [1.807, 2.05) is 0 Å². The summed E-state index contributed by atoms with van der Waals surface area (Å²) < 4.78 is 5.18. The van der Waals surface area contributed by atoms with Crippen molar-refractivity contribution in [3.8, 4) is 0 Å². The number of rotatable bonds is 9. The van der Waals surface area contributed by atoms with E-state index >= 15 is 0 Å². The van der Waals surface area contributed by atoms with E-state index in [1.165, 1.54) is 38.5 Å². The molecule has 0 aromatic heterocycles. The minimum atomic E-state index is 0.532. The van der Waals surface area contributed by atoms with Gasteiger partial charge in [0.05, 0.1) is 13.2 Å². The zero-order valence-corrected chi connectivity index (χ0v) is 16.6. The lowest BCUT2D eigenvalue weighted by molar-refractivity contribution is 0.128. The molecular formula is C19H39N5O. The topological polar surface area (TPSA) is 52.1 Å². The fourth-order valence-electron chi connectivity index (χ4n) is 3.88. The lowest BCUT2D eigenvalue weighted by atomic mass is 10.1. The van der Waals surface area contributed by atoms with E-state index in [0.717, 1.165) is 57.9 Å². The molecule has 1 aliphatic heterocycles. The fourth-order valence-corrected chi connectivity index (χ4v) is 3.88. The first-order valence-corrected chi connectivity index (χ1v) is 10.2. The second kappa shape index (κ2) is 11.7. The molecular weight excluding hydrogens is 314 g/mol. The predicted molar refractivity (Wildman–Crippen MR) is 105 cm³/mol. The molecule has 0 bridgehead atoms. The summed E-state index contributed by atoms with van der Waals surface area (Å²) in [4.78, 5) is 9.79. The maximum absolute atomic E-state index is 5.18. The Labute approximate surface area is 154 Å². The van der Waals surface area contributed by atoms with Gasteiger partial charge in [-0.1, -0.05) is 12.8 Å². The molecule has 2 rings (SSSR count). The number of guanidine groups is 1. The third-order valence-corrected chi connectivity index (χ3v) is 5.55. The standard InChI is InChI=1S/C19H39N5O/c1-4-20-19(21-11-14-23(2)18-7-5-6-8-18)22-17-9-12-24(13-10-17)15-16-25-3/h17-18H,4-16H2,1-3H3,(H2,20,21,22). The highest BCUT2D eigenvalue weighted by Crippen LogP contribution is 2.21. The van der Waals surface area contributed by atoms with Crippen LogP contribution in [0.3, 0.4) is 0 Å². The van der Waals surface area contributed by atoms with Crippen LogP contribution in [-0.2, 0) is 4.74 Å². The van der Waals surface area contributed by atoms with Gasteiger partial charge in [-0.25, -0.2) is 0 Å². The SMILES string of the molecule is CCNC(=NCCN(C)C1CCCC1)NC1CCN(CCOC)CC1. The van der Waals surface area contributed by atoms with Gasteiger partial charge in [0, 0.05) is 51.9 Å². The van der Waals surface area contributed by atoms with E-state index in [9.17, 15) is 0 Å². The number of methoxy groups -OCH3 is 1. The Morgan fingerprint density at radius 3 is 2.56 bits per heavy atom. The molecule has 6 nitrogen and oxygen atoms in total. The summed E-state index contributed by atoms with van der Waals surface area (Å²) in [7, 11) is 4.03. The van der Waals surface area contributed by atoms with Crippen molar-refractivity contribution in [2.24, 2.45) is 4.99 Å². The van der Waals surface area contributed by atoms with Gasteiger partial charge in [-0.15, -0.1) is 0 Å². The molecule has 1 saturated heterocycles. The number of hydrogen-bond acceptors (Lipinski definition) is 4. The van der Waals surface area contributed by atoms with Gasteiger partial charge in [0.15, 0.2) is 5.96 Å². The van der Waals surface area contributed by atoms with Gasteiger partial charge in [-0.3, -0.25) is 4.99 Å². The summed E-state index contributed by atoms with van der Waals surface area (Å²) >= 11 is 0. The Balaban J connectivity index is 1.70. The zero-order valence-electron chi connectivity index (χ0n) is 16.6. The summed E-state index contributed by atoms with van der Waals surface area (Å²) in [6.07, 6.45) is 7.86. The monoisotopic (exact) mass is 353 g/mol. The minimum absolute atomic E-state index is 0.532. The van der Waals surface area contributed by atoms with E-state index in [-0.39, 0.29) is 0 Å². The largest absolute Gasteiger partial charge is 0.383 e. The highest BCUT2D eigenvalue weighted by Gasteiger charge is 2.20. The second-order valence-corrected chi connectivity index (χ2v) is 7.43. The summed E-state index contributed by atoms with van der Waals surface area (Å²) in [5, 5.41) is 7.04. The maximum Gasteiger partial charge on any atom is 0.191 e. The van der Waals surface area contributed by atoms with E-state index in [4.69, 9.17) is 9.73 Å². The quantitative estimate of drug-likeness (QED) is 0.486. The third-order valence-electron chi connectivity index (χ3n) is 5.55. The van der Waals surface area contributed by atoms with Crippen LogP contribution >= 0.6 is 0 Å². The zero-order chi connectivity index (χ0) is 17.9. The maximum atomic E-state index is 5.18. The van der Waals surface area contributed by atoms with Crippen LogP contribution in [0.1, 0.15) is 45.4 Å². The van der Waals surface area contributed by atoms with Crippen molar-refractivity contribution in [2.75, 3.05) is 60.0 Å². The van der Waals surface area contributed by atoms with Gasteiger partial charge in [-0.2, -0.15) is 0 Å². The smallest absolute Gasteiger partial charge is 0.191 e. The van der Waals surface area contributed by atoms with Crippen LogP contribution in [0.2, 0.25) is 0 Å². The lowest BCUT2D eigenvalue weighted by Gasteiger charge is -2.33. The molecule has 25 heavy (non-hydrogen) atoms. The number of aliphatic imine (C=N–C) groups is 1. The molecule has 0 aromatic carbocycles. The summed E-state index contributed by atoms with van der Waals surface area (Å²) in [5.41, 5.74) is 0. The van der Waals surface area contributed by atoms with Crippen molar-refractivity contribution in [1.29, 1.82) is 0 Å². The van der Waals surface area contributed by atoms with Crippen LogP contribution in [0.25, 0.3) is 0 Å². The molecule has 0 aromatic rings. The molecule has 2 N–H and O–H groups in total. The Morgan fingerprint density at radius 1 is 1.20 bits per heavy atom. The number of piperidine rings is 1. The van der Waals surface area contributed by atoms with E-state index < -0.39 is 0 Å². The van der Waals surface area contributed by atoms with Crippen molar-refractivity contribution in [2.45, 2.75) is 57.5 Å². The van der Waals surface area contributed by atoms with Crippen molar-refractivity contribution in [3.63, 3.8) is 0 Å². The Hall–Kier alpha value is -0.850. The number of nitrogens with zero attached hydrogens (tertiary/aromatic N) is 3. The summed E-state index contributed by atoms with van der Waals surface area (Å²) in [5.74, 6) is 0.984. The van der Waals surface area contributed by atoms with Crippen LogP contribution in [-0.4, -0.2) is 87.9 Å². The molecule has 0 unspecified atom stereocenters. The van der Waals surface area contributed by atoms with Gasteiger partial charge in [-0.05, 0) is 39.7 Å². The molecule has 0 atom stereocenters. The molecule has 1 saturated carbocycles. The number of likely N-dealkylation sites (N-methyl/N-ethyl adjacent to an activating group) is 1. The van der Waals surface area contributed by atoms with E-state index in [0.29, 0.717) is 6.04 Å². The average Bonchev–Trinajstić information content (AvgIpc) is 3.16. The van der Waals surface area contributed by atoms with Crippen LogP contribution in [0.5, 0.6) is 0 Å². The number of nitrogens with one attached hydrogen (secondary N) is 2. The highest BCUT2D eigenvalue weighted by molar-refractivity contribution is 5.80. The molecule has 1 aliphatic carbocycles. The molecule has 2 aliphatic rings. The molecule has 0 spiro atoms. The molecule has 0 amide bonds. The van der Waals surface area contributed by atoms with Gasteiger partial charge < -0.3 is 25.2 Å². The molecule has 2 fully saturated rings. The van der Waals surface area contributed by atoms with Gasteiger partial charge in [0.2, 0.25) is 0 Å².